The maximum absolute atomic E-state index is 13.6. The van der Waals surface area contributed by atoms with E-state index in [1.807, 2.05) is 48.3 Å². The summed E-state index contributed by atoms with van der Waals surface area (Å²) in [7, 11) is 1.87. The lowest BCUT2D eigenvalue weighted by Gasteiger charge is -2.28. The largest absolute Gasteiger partial charge is 0.460 e. The van der Waals surface area contributed by atoms with Crippen molar-refractivity contribution in [3.05, 3.63) is 108 Å². The second kappa shape index (κ2) is 14.0. The number of hydrogen-bond donors (Lipinski definition) is 2. The fourth-order valence-corrected chi connectivity index (χ4v) is 5.97. The number of hydrogen-bond acceptors (Lipinski definition) is 6. The second-order valence-corrected chi connectivity index (χ2v) is 12.6. The first-order valence-electron chi connectivity index (χ1n) is 16.0. The monoisotopic (exact) mass is 654 g/mol. The molecule has 2 unspecified atom stereocenters. The molecule has 2 fully saturated rings. The van der Waals surface area contributed by atoms with Crippen molar-refractivity contribution in [1.29, 1.82) is 0 Å². The maximum atomic E-state index is 13.6. The summed E-state index contributed by atoms with van der Waals surface area (Å²) >= 11 is 0. The number of carbonyl (C=O) groups is 2. The Balaban J connectivity index is 0.000000388. The van der Waals surface area contributed by atoms with Gasteiger partial charge in [0, 0.05) is 67.5 Å². The molecule has 1 amide bonds. The molecule has 1 aliphatic carbocycles. The van der Waals surface area contributed by atoms with E-state index < -0.39 is 5.92 Å². The van der Waals surface area contributed by atoms with Gasteiger partial charge >= 0.3 is 0 Å². The molecule has 2 aliphatic rings. The van der Waals surface area contributed by atoms with Crippen molar-refractivity contribution in [1.82, 2.24) is 15.2 Å². The van der Waals surface area contributed by atoms with E-state index in [4.69, 9.17) is 10.2 Å². The van der Waals surface area contributed by atoms with Gasteiger partial charge in [0.25, 0.3) is 5.92 Å². The van der Waals surface area contributed by atoms with Gasteiger partial charge in [-0.1, -0.05) is 42.5 Å². The number of carbonyl (C=O) groups excluding carboxylic acids is 2. The highest BCUT2D eigenvalue weighted by molar-refractivity contribution is 5.97. The highest BCUT2D eigenvalue weighted by atomic mass is 19.3. The molecular formula is C38H37F3N4O3. The Kier molecular flexibility index (Phi) is 9.63. The van der Waals surface area contributed by atoms with Crippen LogP contribution in [0.1, 0.15) is 46.9 Å². The van der Waals surface area contributed by atoms with Crippen molar-refractivity contribution < 1.29 is 27.2 Å². The molecule has 1 saturated heterocycles. The van der Waals surface area contributed by atoms with Gasteiger partial charge in [-0.25, -0.2) is 18.2 Å². The number of aldehydes is 1. The zero-order valence-corrected chi connectivity index (χ0v) is 26.6. The predicted octanol–water partition coefficient (Wildman–Crippen LogP) is 7.51. The van der Waals surface area contributed by atoms with E-state index in [-0.39, 0.29) is 36.4 Å². The molecule has 5 aromatic rings. The Labute approximate surface area is 277 Å². The van der Waals surface area contributed by atoms with Gasteiger partial charge in [-0.2, -0.15) is 0 Å². The van der Waals surface area contributed by atoms with Gasteiger partial charge in [0.05, 0.1) is 0 Å². The number of furan rings is 1. The number of aromatic nitrogens is 1. The van der Waals surface area contributed by atoms with Crippen molar-refractivity contribution >= 4 is 29.0 Å². The molecule has 2 atom stereocenters. The minimum atomic E-state index is -2.38. The lowest BCUT2D eigenvalue weighted by atomic mass is 9.96. The zero-order chi connectivity index (χ0) is 33.8. The number of halogens is 3. The van der Waals surface area contributed by atoms with Crippen LogP contribution < -0.4 is 11.1 Å². The Morgan fingerprint density at radius 1 is 1.00 bits per heavy atom. The number of nitrogens with two attached hydrogens (primary N) is 1. The second-order valence-electron chi connectivity index (χ2n) is 12.6. The summed E-state index contributed by atoms with van der Waals surface area (Å²) in [6, 6.07) is 23.4. The van der Waals surface area contributed by atoms with E-state index in [0.717, 1.165) is 51.7 Å². The average molecular weight is 655 g/mol. The molecular weight excluding hydrogens is 617 g/mol. The van der Waals surface area contributed by atoms with Crippen molar-refractivity contribution in [2.45, 2.75) is 37.5 Å². The lowest BCUT2D eigenvalue weighted by molar-refractivity contribution is -0.122. The van der Waals surface area contributed by atoms with Gasteiger partial charge < -0.3 is 20.4 Å². The third-order valence-electron chi connectivity index (χ3n) is 8.96. The molecule has 3 heterocycles. The van der Waals surface area contributed by atoms with E-state index in [9.17, 15) is 22.8 Å². The topological polar surface area (TPSA) is 101 Å². The minimum absolute atomic E-state index is 0.0287. The van der Waals surface area contributed by atoms with Crippen LogP contribution in [0.4, 0.5) is 19.0 Å². The number of pyridine rings is 1. The molecule has 1 saturated carbocycles. The molecule has 0 spiro atoms. The molecule has 0 radical (unpaired) electrons. The number of anilines is 1. The van der Waals surface area contributed by atoms with E-state index in [1.54, 1.807) is 36.5 Å². The Hall–Kier alpha value is -4.96. The fourth-order valence-electron chi connectivity index (χ4n) is 5.97. The molecule has 7 nitrogen and oxygen atoms in total. The highest BCUT2D eigenvalue weighted by Crippen LogP contribution is 2.47. The number of amides is 1. The van der Waals surface area contributed by atoms with Crippen molar-refractivity contribution in [3.63, 3.8) is 0 Å². The molecule has 10 heteroatoms. The van der Waals surface area contributed by atoms with E-state index in [2.05, 4.69) is 10.3 Å². The zero-order valence-electron chi connectivity index (χ0n) is 26.6. The first-order valence-corrected chi connectivity index (χ1v) is 16.0. The maximum Gasteiger partial charge on any atom is 0.250 e. The van der Waals surface area contributed by atoms with E-state index in [0.29, 0.717) is 43.0 Å². The first kappa shape index (κ1) is 33.0. The number of nitrogens with one attached hydrogen (secondary N) is 1. The molecule has 48 heavy (non-hydrogen) atoms. The molecule has 3 aromatic carbocycles. The lowest BCUT2D eigenvalue weighted by Crippen LogP contribution is -2.36. The van der Waals surface area contributed by atoms with Crippen LogP contribution >= 0.6 is 0 Å². The minimum Gasteiger partial charge on any atom is -0.460 e. The van der Waals surface area contributed by atoms with Crippen LogP contribution in [-0.4, -0.2) is 54.7 Å². The summed E-state index contributed by atoms with van der Waals surface area (Å²) in [6.07, 6.45) is 3.96. The summed E-state index contributed by atoms with van der Waals surface area (Å²) < 4.78 is 44.6. The van der Waals surface area contributed by atoms with Gasteiger partial charge in [-0.15, -0.1) is 0 Å². The normalized spacial score (nSPS) is 18.5. The average Bonchev–Trinajstić information content (AvgIpc) is 3.79. The third kappa shape index (κ3) is 7.94. The van der Waals surface area contributed by atoms with Crippen LogP contribution in [0.2, 0.25) is 0 Å². The van der Waals surface area contributed by atoms with E-state index in [1.165, 1.54) is 12.1 Å². The van der Waals surface area contributed by atoms with Crippen LogP contribution in [-0.2, 0) is 11.2 Å². The van der Waals surface area contributed by atoms with Crippen LogP contribution in [0.15, 0.2) is 89.5 Å². The third-order valence-corrected chi connectivity index (χ3v) is 8.96. The molecule has 248 valence electrons. The van der Waals surface area contributed by atoms with Crippen LogP contribution in [0, 0.1) is 11.7 Å². The van der Waals surface area contributed by atoms with Crippen molar-refractivity contribution in [3.8, 4) is 22.3 Å². The standard InChI is InChI=1S/C32H26FN3O3.C6H11F2N/c33-25-8-5-21(6-9-25)28-15-23(20-3-1-19(18-37)2-4-20)13-24-14-26(39-31(24)28)11-12-35-32(38)29-16-27(29)22-7-10-30(34)36-17-22;1-9-4-2-6(7,8)3-5-9/h1-10,13-15,17-18,27,29H,11-12,16H2,(H2,34,36)(H,35,38);2-5H2,1H3. The molecule has 7 rings (SSSR count). The number of nitrogen functional groups attached to an aromatic ring is 1. The van der Waals surface area contributed by atoms with E-state index >= 15 is 0 Å². The summed E-state index contributed by atoms with van der Waals surface area (Å²) in [5.41, 5.74) is 11.6. The van der Waals surface area contributed by atoms with Gasteiger partial charge in [-0.3, -0.25) is 9.59 Å². The molecule has 0 bridgehead atoms. The van der Waals surface area contributed by atoms with Crippen LogP contribution in [0.25, 0.3) is 33.2 Å². The van der Waals surface area contributed by atoms with Crippen LogP contribution in [0.3, 0.4) is 0 Å². The number of piperidine rings is 1. The Morgan fingerprint density at radius 2 is 1.71 bits per heavy atom. The number of likely N-dealkylation sites (tertiary alicyclic amines) is 1. The van der Waals surface area contributed by atoms with Gasteiger partial charge in [0.2, 0.25) is 5.91 Å². The summed E-state index contributed by atoms with van der Waals surface area (Å²) in [5.74, 6) is -1.31. The SMILES string of the molecule is CN1CCC(F)(F)CC1.Nc1ccc(C2CC2C(=O)NCCc2cc3cc(-c4ccc(C=O)cc4)cc(-c4ccc(F)cc4)c3o2)cn1. The quantitative estimate of drug-likeness (QED) is 0.168. The molecule has 1 aliphatic heterocycles. The summed E-state index contributed by atoms with van der Waals surface area (Å²) in [5, 5.41) is 3.94. The summed E-state index contributed by atoms with van der Waals surface area (Å²) in [4.78, 5) is 29.8. The van der Waals surface area contributed by atoms with Gasteiger partial charge in [0.15, 0.2) is 0 Å². The molecule has 2 aromatic heterocycles. The van der Waals surface area contributed by atoms with Crippen LogP contribution in [0.5, 0.6) is 0 Å². The first-order chi connectivity index (χ1) is 23.1. The Morgan fingerprint density at radius 3 is 2.35 bits per heavy atom. The van der Waals surface area contributed by atoms with Crippen molar-refractivity contribution in [2.75, 3.05) is 32.4 Å². The number of fused-ring (bicyclic) bond motifs is 1. The number of nitrogens with zero attached hydrogens (tertiary/aromatic N) is 2. The number of alkyl halides is 2. The van der Waals surface area contributed by atoms with Gasteiger partial charge in [0.1, 0.15) is 29.3 Å². The highest BCUT2D eigenvalue weighted by Gasteiger charge is 2.44. The smallest absolute Gasteiger partial charge is 0.250 e. The number of benzene rings is 3. The Bertz CT molecular complexity index is 1880. The van der Waals surface area contributed by atoms with Gasteiger partial charge in [-0.05, 0) is 78.0 Å². The van der Waals surface area contributed by atoms with Crippen molar-refractivity contribution in [2.24, 2.45) is 5.92 Å². The summed E-state index contributed by atoms with van der Waals surface area (Å²) in [6.45, 7) is 1.52. The molecule has 3 N–H and O–H groups in total. The number of rotatable bonds is 8. The fraction of sp³-hybridized carbons (Fsp3) is 0.289. The predicted molar refractivity (Wildman–Crippen MR) is 180 cm³/mol.